The number of alkyl halides is 1. The summed E-state index contributed by atoms with van der Waals surface area (Å²) in [6.45, 7) is 6.62. The maximum atomic E-state index is 12.5. The second-order valence-electron chi connectivity index (χ2n) is 9.88. The van der Waals surface area contributed by atoms with Crippen LogP contribution in [0.3, 0.4) is 0 Å². The quantitative estimate of drug-likeness (QED) is 0.213. The first kappa shape index (κ1) is 27.2. The van der Waals surface area contributed by atoms with Gasteiger partial charge in [-0.3, -0.25) is 4.79 Å². The topological polar surface area (TPSA) is 37.3 Å². The SMILES string of the molecule is CC(C)(C)CCCC(=O)c1ccc(C2C(CCCc3cc[c-]s3)[C@H](Cl)C[C@H]2O)cc1.[Y]. The third-order valence-corrected chi connectivity index (χ3v) is 7.60. The fraction of sp³-hybridized carbons (Fsp3) is 0.577. The van der Waals surface area contributed by atoms with Crippen molar-refractivity contribution in [2.45, 2.75) is 83.1 Å². The number of rotatable bonds is 9. The molecular weight excluding hydrogens is 501 g/mol. The number of carbonyl (C=O) groups is 1. The molecule has 0 saturated heterocycles. The number of aliphatic hydroxyl groups is 1. The van der Waals surface area contributed by atoms with E-state index in [4.69, 9.17) is 11.6 Å². The molecule has 31 heavy (non-hydrogen) atoms. The Bertz CT molecular complexity index is 798. The maximum Gasteiger partial charge on any atom is 0.162 e. The van der Waals surface area contributed by atoms with Gasteiger partial charge in [0.25, 0.3) is 0 Å². The Kier molecular flexibility index (Phi) is 10.9. The Hall–Kier alpha value is -0.0561. The van der Waals surface area contributed by atoms with Crippen molar-refractivity contribution in [3.05, 3.63) is 57.8 Å². The molecule has 2 unspecified atom stereocenters. The second-order valence-corrected chi connectivity index (χ2v) is 11.4. The van der Waals surface area contributed by atoms with Gasteiger partial charge in [-0.05, 0) is 42.6 Å². The van der Waals surface area contributed by atoms with E-state index >= 15 is 0 Å². The molecule has 5 heteroatoms. The molecule has 1 fully saturated rings. The van der Waals surface area contributed by atoms with Gasteiger partial charge < -0.3 is 16.4 Å². The molecule has 1 N–H and O–H groups in total. The van der Waals surface area contributed by atoms with Crippen molar-refractivity contribution in [1.29, 1.82) is 0 Å². The van der Waals surface area contributed by atoms with E-state index in [2.05, 4.69) is 32.2 Å². The van der Waals surface area contributed by atoms with Crippen molar-refractivity contribution in [2.75, 3.05) is 0 Å². The molecular formula is C26H34ClO2SY-. The average molecular weight is 535 g/mol. The molecule has 167 valence electrons. The van der Waals surface area contributed by atoms with E-state index in [-0.39, 0.29) is 61.1 Å². The zero-order valence-corrected chi connectivity index (χ0v) is 23.4. The minimum Gasteiger partial charge on any atom is -0.392 e. The summed E-state index contributed by atoms with van der Waals surface area (Å²) in [5.41, 5.74) is 2.14. The van der Waals surface area contributed by atoms with Gasteiger partial charge in [-0.25, -0.2) is 6.07 Å². The van der Waals surface area contributed by atoms with Crippen molar-refractivity contribution in [3.63, 3.8) is 0 Å². The van der Waals surface area contributed by atoms with Crippen LogP contribution >= 0.6 is 22.9 Å². The average Bonchev–Trinajstić information content (AvgIpc) is 3.29. The Morgan fingerprint density at radius 1 is 1.19 bits per heavy atom. The van der Waals surface area contributed by atoms with Crippen LogP contribution in [0.2, 0.25) is 0 Å². The number of ketones is 1. The number of thiophene rings is 1. The van der Waals surface area contributed by atoms with Gasteiger partial charge in [0.05, 0.1) is 6.10 Å². The largest absolute Gasteiger partial charge is 0.392 e. The number of halogens is 1. The first-order chi connectivity index (χ1) is 14.2. The van der Waals surface area contributed by atoms with Crippen molar-refractivity contribution >= 4 is 28.7 Å². The van der Waals surface area contributed by atoms with Gasteiger partial charge in [0.15, 0.2) is 5.78 Å². The molecule has 1 aliphatic rings. The van der Waals surface area contributed by atoms with E-state index in [9.17, 15) is 9.90 Å². The van der Waals surface area contributed by atoms with E-state index in [1.807, 2.05) is 30.3 Å². The molecule has 1 aromatic carbocycles. The predicted molar refractivity (Wildman–Crippen MR) is 127 cm³/mol. The summed E-state index contributed by atoms with van der Waals surface area (Å²) < 4.78 is 0. The number of aliphatic hydroxyl groups excluding tert-OH is 1. The van der Waals surface area contributed by atoms with Gasteiger partial charge >= 0.3 is 0 Å². The molecule has 1 aliphatic carbocycles. The standard InChI is InChI=1S/C26H34ClO2S.Y/c1-26(2,3)15-5-10-23(28)18-11-13-19(14-12-18)25-21(22(27)17-24(25)29)9-4-7-20-8-6-16-30-20;/h6,8,11-14,21-22,24-25,29H,4-5,7,9-10,15,17H2,1-3H3;/q-1;/t21?,22-,24-,25?;/m1./s1. The van der Waals surface area contributed by atoms with Crippen LogP contribution in [0.15, 0.2) is 36.4 Å². The van der Waals surface area contributed by atoms with Gasteiger partial charge in [0.1, 0.15) is 0 Å². The fourth-order valence-corrected chi connectivity index (χ4v) is 5.76. The Morgan fingerprint density at radius 2 is 1.90 bits per heavy atom. The maximum absolute atomic E-state index is 12.5. The summed E-state index contributed by atoms with van der Waals surface area (Å²) >= 11 is 8.31. The minimum atomic E-state index is -0.416. The second kappa shape index (κ2) is 12.4. The normalized spacial score (nSPS) is 23.5. The van der Waals surface area contributed by atoms with Crippen LogP contribution in [0.25, 0.3) is 0 Å². The summed E-state index contributed by atoms with van der Waals surface area (Å²) in [5.74, 6) is 0.517. The molecule has 0 bridgehead atoms. The number of hydrogen-bond donors (Lipinski definition) is 1. The van der Waals surface area contributed by atoms with E-state index < -0.39 is 6.10 Å². The van der Waals surface area contributed by atoms with Crippen LogP contribution < -0.4 is 0 Å². The first-order valence-electron chi connectivity index (χ1n) is 11.1. The summed E-state index contributed by atoms with van der Waals surface area (Å²) in [6, 6.07) is 12.0. The number of hydrogen-bond acceptors (Lipinski definition) is 3. The van der Waals surface area contributed by atoms with E-state index in [1.165, 1.54) is 4.88 Å². The predicted octanol–water partition coefficient (Wildman–Crippen LogP) is 7.04. The Morgan fingerprint density at radius 3 is 2.52 bits per heavy atom. The van der Waals surface area contributed by atoms with Gasteiger partial charge in [-0.15, -0.1) is 21.9 Å². The van der Waals surface area contributed by atoms with Gasteiger partial charge in [0.2, 0.25) is 0 Å². The van der Waals surface area contributed by atoms with Gasteiger partial charge in [-0.2, -0.15) is 6.07 Å². The minimum absolute atomic E-state index is 0. The number of Topliss-reactive ketones (excluding diaryl/α,β-unsaturated/α-hetero) is 1. The van der Waals surface area contributed by atoms with E-state index in [0.717, 1.165) is 43.2 Å². The zero-order chi connectivity index (χ0) is 21.7. The third-order valence-electron chi connectivity index (χ3n) is 6.24. The van der Waals surface area contributed by atoms with Crippen molar-refractivity contribution in [2.24, 2.45) is 11.3 Å². The monoisotopic (exact) mass is 534 g/mol. The molecule has 0 amide bonds. The van der Waals surface area contributed by atoms with Crippen LogP contribution in [-0.4, -0.2) is 22.4 Å². The summed E-state index contributed by atoms with van der Waals surface area (Å²) in [5, 5.41) is 13.8. The molecule has 1 aromatic heterocycles. The molecule has 0 aliphatic heterocycles. The van der Waals surface area contributed by atoms with Crippen LogP contribution in [0.4, 0.5) is 0 Å². The first-order valence-corrected chi connectivity index (χ1v) is 12.4. The van der Waals surface area contributed by atoms with Crippen molar-refractivity contribution in [1.82, 2.24) is 0 Å². The third kappa shape index (κ3) is 8.04. The Labute approximate surface area is 222 Å². The van der Waals surface area contributed by atoms with Gasteiger partial charge in [0, 0.05) is 56.0 Å². The molecule has 2 nitrogen and oxygen atoms in total. The molecule has 0 spiro atoms. The fourth-order valence-electron chi connectivity index (χ4n) is 4.62. The molecule has 1 saturated carbocycles. The van der Waals surface area contributed by atoms with Crippen molar-refractivity contribution in [3.8, 4) is 0 Å². The van der Waals surface area contributed by atoms with Crippen LogP contribution in [0.1, 0.15) is 86.0 Å². The van der Waals surface area contributed by atoms with Crippen LogP contribution in [0, 0.1) is 16.7 Å². The molecule has 2 aromatic rings. The summed E-state index contributed by atoms with van der Waals surface area (Å²) in [4.78, 5) is 13.9. The number of carbonyl (C=O) groups excluding carboxylic acids is 1. The van der Waals surface area contributed by atoms with Crippen molar-refractivity contribution < 1.29 is 42.6 Å². The Balaban J connectivity index is 0.00000341. The van der Waals surface area contributed by atoms with E-state index in [0.29, 0.717) is 12.8 Å². The summed E-state index contributed by atoms with van der Waals surface area (Å²) in [7, 11) is 0. The smallest absolute Gasteiger partial charge is 0.162 e. The van der Waals surface area contributed by atoms with Crippen LogP contribution in [0.5, 0.6) is 0 Å². The number of aryl methyl sites for hydroxylation is 1. The summed E-state index contributed by atoms with van der Waals surface area (Å²) in [6.07, 6.45) is 5.89. The van der Waals surface area contributed by atoms with Gasteiger partial charge in [-0.1, -0.05) is 57.9 Å². The number of benzene rings is 1. The molecule has 1 heterocycles. The molecule has 3 rings (SSSR count). The zero-order valence-electron chi connectivity index (χ0n) is 18.9. The van der Waals surface area contributed by atoms with Crippen LogP contribution in [-0.2, 0) is 39.1 Å². The molecule has 1 radical (unpaired) electrons. The van der Waals surface area contributed by atoms with E-state index in [1.54, 1.807) is 11.3 Å². The molecule has 4 atom stereocenters.